The monoisotopic (exact) mass is 500 g/mol. The number of carbonyl (C=O) groups excluding carboxylic acids is 1. The lowest BCUT2D eigenvalue weighted by molar-refractivity contribution is -0.195. The van der Waals surface area contributed by atoms with Crippen molar-refractivity contribution < 1.29 is 44.8 Å². The lowest BCUT2D eigenvalue weighted by Gasteiger charge is -2.61. The van der Waals surface area contributed by atoms with E-state index in [0.717, 1.165) is 19.3 Å². The first-order chi connectivity index (χ1) is 15.0. The van der Waals surface area contributed by atoms with Crippen LogP contribution in [0.15, 0.2) is 12.2 Å². The number of hydrogen-bond donors (Lipinski definition) is 1. The fraction of sp³-hybridized carbons (Fsp3) is 0.864. The number of halogens is 4. The molecule has 190 valence electrons. The molecule has 11 heteroatoms. The van der Waals surface area contributed by atoms with Gasteiger partial charge >= 0.3 is 27.3 Å². The quantitative estimate of drug-likeness (QED) is 0.141. The first-order valence-corrected chi connectivity index (χ1v) is 12.7. The molecule has 4 fully saturated rings. The Morgan fingerprint density at radius 3 is 2.00 bits per heavy atom. The van der Waals surface area contributed by atoms with Gasteiger partial charge in [0.25, 0.3) is 0 Å². The second-order valence-electron chi connectivity index (χ2n) is 10.6. The number of carbonyl (C=O) groups is 1. The summed E-state index contributed by atoms with van der Waals surface area (Å²) in [5.41, 5.74) is -0.794. The van der Waals surface area contributed by atoms with Gasteiger partial charge in [-0.05, 0) is 76.5 Å². The van der Waals surface area contributed by atoms with Crippen molar-refractivity contribution >= 4 is 16.1 Å². The zero-order chi connectivity index (χ0) is 24.9. The van der Waals surface area contributed by atoms with E-state index in [4.69, 9.17) is 14.0 Å². The molecule has 0 aromatic carbocycles. The van der Waals surface area contributed by atoms with Gasteiger partial charge in [0.15, 0.2) is 0 Å². The van der Waals surface area contributed by atoms with Crippen molar-refractivity contribution in [1.29, 1.82) is 0 Å². The number of alkyl halides is 4. The summed E-state index contributed by atoms with van der Waals surface area (Å²) in [5, 5.41) is -5.60. The van der Waals surface area contributed by atoms with Crippen LogP contribution in [-0.2, 0) is 24.4 Å². The highest BCUT2D eigenvalue weighted by Gasteiger charge is 2.65. The highest BCUT2D eigenvalue weighted by Crippen LogP contribution is 2.64. The summed E-state index contributed by atoms with van der Waals surface area (Å²) < 4.78 is 93.5. The lowest BCUT2D eigenvalue weighted by Crippen LogP contribution is -2.57. The summed E-state index contributed by atoms with van der Waals surface area (Å²) in [6.45, 7) is 6.68. The molecule has 0 aliphatic heterocycles. The average molecular weight is 501 g/mol. The summed E-state index contributed by atoms with van der Waals surface area (Å²) >= 11 is 0. The molecule has 0 aromatic rings. The number of ether oxygens (including phenoxy) is 2. The van der Waals surface area contributed by atoms with Gasteiger partial charge in [-0.25, -0.2) is 4.79 Å². The molecule has 0 atom stereocenters. The van der Waals surface area contributed by atoms with Crippen LogP contribution in [0.2, 0.25) is 0 Å². The molecule has 0 aromatic heterocycles. The third kappa shape index (κ3) is 5.10. The van der Waals surface area contributed by atoms with Crippen LogP contribution in [0, 0.1) is 23.2 Å². The standard InChI is InChI=1S/C22H32F4O6S/c1-14(13-31-6-4-5-21(23,24)22(25,26)33(28,29)30)18(27)32-19(2,3)20-10-15-7-16(11-20)9-17(8-15)12-20/h15-17H,1,4-13H2,2-3H3,(H,28,29,30). The molecule has 0 saturated heterocycles. The van der Waals surface area contributed by atoms with Crippen molar-refractivity contribution in [3.05, 3.63) is 12.2 Å². The Hall–Kier alpha value is -1.20. The zero-order valence-corrected chi connectivity index (χ0v) is 19.7. The van der Waals surface area contributed by atoms with Crippen LogP contribution in [0.1, 0.15) is 65.2 Å². The minimum atomic E-state index is -6.26. The second-order valence-corrected chi connectivity index (χ2v) is 12.0. The Balaban J connectivity index is 1.45. The van der Waals surface area contributed by atoms with Gasteiger partial charge < -0.3 is 9.47 Å². The molecule has 0 unspecified atom stereocenters. The third-order valence-electron chi connectivity index (χ3n) is 7.76. The minimum absolute atomic E-state index is 0.0252. The Morgan fingerprint density at radius 1 is 1.06 bits per heavy atom. The van der Waals surface area contributed by atoms with E-state index in [0.29, 0.717) is 17.8 Å². The minimum Gasteiger partial charge on any atom is -0.456 e. The van der Waals surface area contributed by atoms with E-state index in [9.17, 15) is 30.8 Å². The number of esters is 1. The van der Waals surface area contributed by atoms with Crippen LogP contribution < -0.4 is 0 Å². The second kappa shape index (κ2) is 8.78. The molecule has 4 bridgehead atoms. The molecule has 33 heavy (non-hydrogen) atoms. The van der Waals surface area contributed by atoms with Crippen LogP contribution in [0.4, 0.5) is 17.6 Å². The SMILES string of the molecule is C=C(COCCCC(F)(F)C(F)(F)S(=O)(=O)O)C(=O)OC(C)(C)C12CC3CC(CC(C3)C1)C2. The third-order valence-corrected chi connectivity index (χ3v) is 8.70. The molecule has 0 amide bonds. The number of rotatable bonds is 11. The highest BCUT2D eigenvalue weighted by atomic mass is 32.2. The van der Waals surface area contributed by atoms with Crippen molar-refractivity contribution in [3.63, 3.8) is 0 Å². The van der Waals surface area contributed by atoms with Crippen molar-refractivity contribution in [2.45, 2.75) is 82.0 Å². The van der Waals surface area contributed by atoms with Crippen LogP contribution in [0.25, 0.3) is 0 Å². The summed E-state index contributed by atoms with van der Waals surface area (Å²) in [6, 6.07) is 0. The van der Waals surface area contributed by atoms with Gasteiger partial charge in [0.05, 0.1) is 12.2 Å². The van der Waals surface area contributed by atoms with E-state index in [1.165, 1.54) is 19.3 Å². The summed E-state index contributed by atoms with van der Waals surface area (Å²) in [4.78, 5) is 12.6. The Labute approximate surface area is 191 Å². The largest absolute Gasteiger partial charge is 0.456 e. The topological polar surface area (TPSA) is 89.9 Å². The molecule has 6 nitrogen and oxygen atoms in total. The van der Waals surface area contributed by atoms with E-state index < -0.39 is 52.3 Å². The predicted octanol–water partition coefficient (Wildman–Crippen LogP) is 4.99. The highest BCUT2D eigenvalue weighted by molar-refractivity contribution is 7.87. The molecular formula is C22H32F4O6S. The first kappa shape index (κ1) is 26.4. The zero-order valence-electron chi connectivity index (χ0n) is 18.9. The maximum absolute atomic E-state index is 13.5. The van der Waals surface area contributed by atoms with Crippen LogP contribution in [-0.4, -0.2) is 48.9 Å². The fourth-order valence-electron chi connectivity index (χ4n) is 6.24. The maximum atomic E-state index is 13.5. The molecule has 0 heterocycles. The van der Waals surface area contributed by atoms with Gasteiger partial charge in [-0.2, -0.15) is 26.0 Å². The van der Waals surface area contributed by atoms with Gasteiger partial charge in [-0.3, -0.25) is 4.55 Å². The summed E-state index contributed by atoms with van der Waals surface area (Å²) in [6.07, 6.45) is 4.69. The van der Waals surface area contributed by atoms with Crippen LogP contribution in [0.3, 0.4) is 0 Å². The summed E-state index contributed by atoms with van der Waals surface area (Å²) in [7, 11) is -6.26. The summed E-state index contributed by atoms with van der Waals surface area (Å²) in [5.74, 6) is -3.60. The normalized spacial score (nSPS) is 29.8. The van der Waals surface area contributed by atoms with Crippen LogP contribution in [0.5, 0.6) is 0 Å². The van der Waals surface area contributed by atoms with Gasteiger partial charge in [0.1, 0.15) is 5.60 Å². The van der Waals surface area contributed by atoms with Gasteiger partial charge in [0, 0.05) is 18.4 Å². The van der Waals surface area contributed by atoms with Crippen molar-refractivity contribution in [1.82, 2.24) is 0 Å². The molecule has 0 radical (unpaired) electrons. The van der Waals surface area contributed by atoms with E-state index >= 15 is 0 Å². The molecule has 4 aliphatic rings. The van der Waals surface area contributed by atoms with E-state index in [-0.39, 0.29) is 17.6 Å². The van der Waals surface area contributed by atoms with Crippen LogP contribution >= 0.6 is 0 Å². The molecule has 1 N–H and O–H groups in total. The predicted molar refractivity (Wildman–Crippen MR) is 111 cm³/mol. The van der Waals surface area contributed by atoms with E-state index in [1.54, 1.807) is 0 Å². The maximum Gasteiger partial charge on any atom is 0.431 e. The number of hydrogen-bond acceptors (Lipinski definition) is 5. The van der Waals surface area contributed by atoms with E-state index in [1.807, 2.05) is 13.8 Å². The van der Waals surface area contributed by atoms with Crippen molar-refractivity contribution in [2.24, 2.45) is 23.2 Å². The Morgan fingerprint density at radius 2 is 1.55 bits per heavy atom. The molecule has 4 saturated carbocycles. The van der Waals surface area contributed by atoms with E-state index in [2.05, 4.69) is 6.58 Å². The Bertz CT molecular complexity index is 848. The first-order valence-electron chi connectivity index (χ1n) is 11.2. The van der Waals surface area contributed by atoms with Gasteiger partial charge in [-0.15, -0.1) is 0 Å². The molecular weight excluding hydrogens is 468 g/mol. The van der Waals surface area contributed by atoms with Crippen molar-refractivity contribution in [2.75, 3.05) is 13.2 Å². The lowest BCUT2D eigenvalue weighted by atomic mass is 9.46. The smallest absolute Gasteiger partial charge is 0.431 e. The van der Waals surface area contributed by atoms with Crippen molar-refractivity contribution in [3.8, 4) is 0 Å². The molecule has 4 aliphatic carbocycles. The van der Waals surface area contributed by atoms with Gasteiger partial charge in [0.2, 0.25) is 0 Å². The fourth-order valence-corrected chi connectivity index (χ4v) is 6.72. The molecule has 0 spiro atoms. The van der Waals surface area contributed by atoms with Gasteiger partial charge in [-0.1, -0.05) is 6.58 Å². The Kier molecular flexibility index (Phi) is 7.03. The molecule has 4 rings (SSSR count). The average Bonchev–Trinajstić information content (AvgIpc) is 2.64.